The van der Waals surface area contributed by atoms with Gasteiger partial charge in [-0.25, -0.2) is 4.39 Å². The maximum absolute atomic E-state index is 13.0. The van der Waals surface area contributed by atoms with Gasteiger partial charge in [0.2, 0.25) is 5.91 Å². The van der Waals surface area contributed by atoms with E-state index in [9.17, 15) is 9.18 Å². The molecule has 1 amide bonds. The van der Waals surface area contributed by atoms with Gasteiger partial charge in [-0.1, -0.05) is 12.5 Å². The molecule has 20 heavy (non-hydrogen) atoms. The summed E-state index contributed by atoms with van der Waals surface area (Å²) in [6.07, 6.45) is 3.09. The highest BCUT2D eigenvalue weighted by Gasteiger charge is 2.21. The lowest BCUT2D eigenvalue weighted by Gasteiger charge is -2.24. The molecule has 5 heteroatoms. The van der Waals surface area contributed by atoms with Crippen molar-refractivity contribution in [2.24, 2.45) is 0 Å². The predicted octanol–water partition coefficient (Wildman–Crippen LogP) is 1.85. The number of halogens is 1. The Morgan fingerprint density at radius 2 is 2.40 bits per heavy atom. The minimum Gasteiger partial charge on any atom is -0.491 e. The molecular formula is C15H21FN2O2. The number of nitrogens with one attached hydrogen (secondary N) is 2. The molecule has 2 rings (SSSR count). The normalized spacial score (nSPS) is 20.2. The van der Waals surface area contributed by atoms with E-state index in [2.05, 4.69) is 10.6 Å². The van der Waals surface area contributed by atoms with Gasteiger partial charge in [0.1, 0.15) is 18.2 Å². The minimum absolute atomic E-state index is 0.0139. The lowest BCUT2D eigenvalue weighted by atomic mass is 10.0. The molecule has 1 aromatic carbocycles. The van der Waals surface area contributed by atoms with Crippen LogP contribution in [0, 0.1) is 5.82 Å². The van der Waals surface area contributed by atoms with Crippen LogP contribution in [0.3, 0.4) is 0 Å². The number of hydrogen-bond acceptors (Lipinski definition) is 3. The van der Waals surface area contributed by atoms with Gasteiger partial charge in [0.25, 0.3) is 0 Å². The number of rotatable bonds is 5. The van der Waals surface area contributed by atoms with Crippen LogP contribution in [0.2, 0.25) is 0 Å². The van der Waals surface area contributed by atoms with E-state index in [1.807, 2.05) is 6.92 Å². The minimum atomic E-state index is -0.328. The topological polar surface area (TPSA) is 50.4 Å². The summed E-state index contributed by atoms with van der Waals surface area (Å²) in [4.78, 5) is 12.0. The maximum Gasteiger partial charge on any atom is 0.237 e. The van der Waals surface area contributed by atoms with Crippen molar-refractivity contribution in [2.75, 3.05) is 13.2 Å². The third-order valence-corrected chi connectivity index (χ3v) is 3.31. The van der Waals surface area contributed by atoms with Gasteiger partial charge in [0, 0.05) is 6.07 Å². The first-order valence-corrected chi connectivity index (χ1v) is 7.07. The summed E-state index contributed by atoms with van der Waals surface area (Å²) < 4.78 is 18.4. The van der Waals surface area contributed by atoms with Gasteiger partial charge < -0.3 is 15.4 Å². The fourth-order valence-electron chi connectivity index (χ4n) is 2.24. The molecule has 0 aromatic heterocycles. The van der Waals surface area contributed by atoms with Gasteiger partial charge in [-0.2, -0.15) is 0 Å². The molecule has 1 heterocycles. The molecule has 4 nitrogen and oxygen atoms in total. The third-order valence-electron chi connectivity index (χ3n) is 3.31. The first kappa shape index (κ1) is 14.8. The molecule has 0 unspecified atom stereocenters. The molecule has 110 valence electrons. The molecule has 0 saturated carbocycles. The molecule has 2 atom stereocenters. The van der Waals surface area contributed by atoms with Crippen LogP contribution >= 0.6 is 0 Å². The average molecular weight is 280 g/mol. The molecule has 0 aliphatic carbocycles. The smallest absolute Gasteiger partial charge is 0.237 e. The number of piperidine rings is 1. The zero-order valence-corrected chi connectivity index (χ0v) is 11.7. The molecule has 0 radical (unpaired) electrons. The molecule has 0 spiro atoms. The summed E-state index contributed by atoms with van der Waals surface area (Å²) in [5.41, 5.74) is 0. The number of hydrogen-bond donors (Lipinski definition) is 2. The molecule has 1 aliphatic heterocycles. The maximum atomic E-state index is 13.0. The van der Waals surface area contributed by atoms with Crippen molar-refractivity contribution in [3.8, 4) is 5.75 Å². The summed E-state index contributed by atoms with van der Waals surface area (Å²) >= 11 is 0. The van der Waals surface area contributed by atoms with Gasteiger partial charge in [-0.05, 0) is 38.4 Å². The zero-order chi connectivity index (χ0) is 14.4. The number of carbonyl (C=O) groups excluding carboxylic acids is 1. The Morgan fingerprint density at radius 1 is 1.55 bits per heavy atom. The Bertz CT molecular complexity index is 447. The second-order valence-corrected chi connectivity index (χ2v) is 5.18. The van der Waals surface area contributed by atoms with Crippen molar-refractivity contribution in [1.29, 1.82) is 0 Å². The molecule has 1 aromatic rings. The first-order chi connectivity index (χ1) is 9.65. The highest BCUT2D eigenvalue weighted by atomic mass is 19.1. The van der Waals surface area contributed by atoms with E-state index in [-0.39, 0.29) is 23.8 Å². The van der Waals surface area contributed by atoms with E-state index in [0.717, 1.165) is 25.8 Å². The van der Waals surface area contributed by atoms with Crippen molar-refractivity contribution in [1.82, 2.24) is 10.6 Å². The second kappa shape index (κ2) is 7.24. The molecular weight excluding hydrogens is 259 g/mol. The van der Waals surface area contributed by atoms with Crippen LogP contribution in [0.25, 0.3) is 0 Å². The van der Waals surface area contributed by atoms with Crippen LogP contribution in [-0.4, -0.2) is 31.1 Å². The zero-order valence-electron chi connectivity index (χ0n) is 11.7. The van der Waals surface area contributed by atoms with Crippen LogP contribution in [0.15, 0.2) is 24.3 Å². The average Bonchev–Trinajstić information content (AvgIpc) is 2.46. The summed E-state index contributed by atoms with van der Waals surface area (Å²) in [7, 11) is 0. The predicted molar refractivity (Wildman–Crippen MR) is 75.1 cm³/mol. The van der Waals surface area contributed by atoms with E-state index in [4.69, 9.17) is 4.74 Å². The largest absolute Gasteiger partial charge is 0.491 e. The number of carbonyl (C=O) groups is 1. The number of benzene rings is 1. The van der Waals surface area contributed by atoms with Crippen LogP contribution < -0.4 is 15.4 Å². The number of amides is 1. The monoisotopic (exact) mass is 280 g/mol. The molecule has 1 fully saturated rings. The van der Waals surface area contributed by atoms with E-state index in [1.165, 1.54) is 12.1 Å². The van der Waals surface area contributed by atoms with E-state index >= 15 is 0 Å². The second-order valence-electron chi connectivity index (χ2n) is 5.18. The molecule has 0 bridgehead atoms. The van der Waals surface area contributed by atoms with Crippen LogP contribution in [0.5, 0.6) is 5.75 Å². The number of ether oxygens (including phenoxy) is 1. The lowest BCUT2D eigenvalue weighted by molar-refractivity contribution is -0.124. The summed E-state index contributed by atoms with van der Waals surface area (Å²) in [5, 5.41) is 6.12. The SMILES string of the molecule is C[C@@H](COc1cccc(F)c1)NC(=O)[C@H]1CCCCN1. The van der Waals surface area contributed by atoms with Crippen LogP contribution in [-0.2, 0) is 4.79 Å². The van der Waals surface area contributed by atoms with E-state index < -0.39 is 0 Å². The standard InChI is InChI=1S/C15H21FN2O2/c1-11(10-20-13-6-4-5-12(16)9-13)18-15(19)14-7-2-3-8-17-14/h4-6,9,11,14,17H,2-3,7-8,10H2,1H3,(H,18,19)/t11-,14+/m0/s1. The van der Waals surface area contributed by atoms with Crippen molar-refractivity contribution < 1.29 is 13.9 Å². The van der Waals surface area contributed by atoms with Crippen molar-refractivity contribution >= 4 is 5.91 Å². The van der Waals surface area contributed by atoms with Gasteiger partial charge in [-0.15, -0.1) is 0 Å². The quantitative estimate of drug-likeness (QED) is 0.865. The Balaban J connectivity index is 1.74. The van der Waals surface area contributed by atoms with E-state index in [0.29, 0.717) is 12.4 Å². The fraction of sp³-hybridized carbons (Fsp3) is 0.533. The summed E-state index contributed by atoms with van der Waals surface area (Å²) in [5.74, 6) is 0.160. The summed E-state index contributed by atoms with van der Waals surface area (Å²) in [6.45, 7) is 3.09. The highest BCUT2D eigenvalue weighted by Crippen LogP contribution is 2.12. The highest BCUT2D eigenvalue weighted by molar-refractivity contribution is 5.82. The van der Waals surface area contributed by atoms with Crippen molar-refractivity contribution in [2.45, 2.75) is 38.3 Å². The van der Waals surface area contributed by atoms with Crippen LogP contribution in [0.4, 0.5) is 4.39 Å². The molecule has 2 N–H and O–H groups in total. The summed E-state index contributed by atoms with van der Waals surface area (Å²) in [6, 6.07) is 5.78. The van der Waals surface area contributed by atoms with Gasteiger partial charge in [0.15, 0.2) is 0 Å². The lowest BCUT2D eigenvalue weighted by Crippen LogP contribution is -2.50. The third kappa shape index (κ3) is 4.49. The van der Waals surface area contributed by atoms with Crippen molar-refractivity contribution in [3.05, 3.63) is 30.1 Å². The Labute approximate surface area is 118 Å². The fourth-order valence-corrected chi connectivity index (χ4v) is 2.24. The van der Waals surface area contributed by atoms with E-state index in [1.54, 1.807) is 12.1 Å². The van der Waals surface area contributed by atoms with Crippen molar-refractivity contribution in [3.63, 3.8) is 0 Å². The van der Waals surface area contributed by atoms with Gasteiger partial charge in [-0.3, -0.25) is 4.79 Å². The van der Waals surface area contributed by atoms with Gasteiger partial charge in [0.05, 0.1) is 12.1 Å². The first-order valence-electron chi connectivity index (χ1n) is 7.07. The van der Waals surface area contributed by atoms with Crippen LogP contribution in [0.1, 0.15) is 26.2 Å². The Morgan fingerprint density at radius 3 is 3.10 bits per heavy atom. The molecule has 1 aliphatic rings. The van der Waals surface area contributed by atoms with Gasteiger partial charge >= 0.3 is 0 Å². The Kier molecular flexibility index (Phi) is 5.35. The molecule has 1 saturated heterocycles. The Hall–Kier alpha value is -1.62.